The lowest BCUT2D eigenvalue weighted by atomic mass is 9.95. The monoisotopic (exact) mass is 463 g/mol. The zero-order valence-electron chi connectivity index (χ0n) is 18.5. The summed E-state index contributed by atoms with van der Waals surface area (Å²) in [5, 5.41) is 6.44. The molecule has 1 heterocycles. The first-order valence-electron chi connectivity index (χ1n) is 10.8. The van der Waals surface area contributed by atoms with Crippen LogP contribution in [0.1, 0.15) is 33.6 Å². The molecular formula is C23H30FN3O4S. The van der Waals surface area contributed by atoms with E-state index in [-0.39, 0.29) is 24.2 Å². The van der Waals surface area contributed by atoms with E-state index in [1.165, 1.54) is 28.3 Å². The Hall–Kier alpha value is -2.49. The van der Waals surface area contributed by atoms with Crippen LogP contribution in [0.5, 0.6) is 5.75 Å². The van der Waals surface area contributed by atoms with E-state index in [2.05, 4.69) is 10.6 Å². The number of nitrogens with zero attached hydrogens (tertiary/aromatic N) is 1. The third-order valence-corrected chi connectivity index (χ3v) is 6.42. The van der Waals surface area contributed by atoms with Gasteiger partial charge in [0, 0.05) is 25.1 Å². The topological polar surface area (TPSA) is 79.9 Å². The summed E-state index contributed by atoms with van der Waals surface area (Å²) in [6.45, 7) is 1.92. The molecular weight excluding hydrogens is 433 g/mol. The number of halogens is 1. The molecule has 0 atom stereocenters. The van der Waals surface area contributed by atoms with E-state index in [0.717, 1.165) is 31.2 Å². The minimum absolute atomic E-state index is 0.167. The van der Waals surface area contributed by atoms with Crippen molar-refractivity contribution in [2.75, 3.05) is 52.3 Å². The van der Waals surface area contributed by atoms with Gasteiger partial charge < -0.3 is 20.1 Å². The van der Waals surface area contributed by atoms with Crippen LogP contribution in [0.3, 0.4) is 0 Å². The number of carbonyl (C=O) groups excluding carboxylic acids is 2. The maximum Gasteiger partial charge on any atom is 0.254 e. The van der Waals surface area contributed by atoms with Gasteiger partial charge in [-0.2, -0.15) is 0 Å². The molecule has 3 rings (SSSR count). The highest BCUT2D eigenvalue weighted by molar-refractivity contribution is 7.17. The molecule has 0 bridgehead atoms. The Morgan fingerprint density at radius 2 is 1.91 bits per heavy atom. The lowest BCUT2D eigenvalue weighted by Crippen LogP contribution is -2.33. The van der Waals surface area contributed by atoms with E-state index in [0.29, 0.717) is 42.6 Å². The van der Waals surface area contributed by atoms with Crippen molar-refractivity contribution in [2.24, 2.45) is 0 Å². The quantitative estimate of drug-likeness (QED) is 0.501. The maximum atomic E-state index is 13.0. The fourth-order valence-electron chi connectivity index (χ4n) is 3.59. The molecule has 0 aliphatic heterocycles. The number of ether oxygens (including phenoxy) is 2. The van der Waals surface area contributed by atoms with Gasteiger partial charge in [0.15, 0.2) is 0 Å². The van der Waals surface area contributed by atoms with Gasteiger partial charge >= 0.3 is 0 Å². The highest BCUT2D eigenvalue weighted by Gasteiger charge is 2.26. The van der Waals surface area contributed by atoms with Gasteiger partial charge in [0.1, 0.15) is 23.2 Å². The Morgan fingerprint density at radius 1 is 1.16 bits per heavy atom. The number of methoxy groups -OCH3 is 1. The lowest BCUT2D eigenvalue weighted by Gasteiger charge is -2.17. The largest absolute Gasteiger partial charge is 0.492 e. The second-order valence-electron chi connectivity index (χ2n) is 7.75. The van der Waals surface area contributed by atoms with Crippen molar-refractivity contribution in [3.63, 3.8) is 0 Å². The summed E-state index contributed by atoms with van der Waals surface area (Å²) in [5.74, 6) is -0.0812. The molecule has 0 saturated heterocycles. The highest BCUT2D eigenvalue weighted by Crippen LogP contribution is 2.38. The zero-order chi connectivity index (χ0) is 22.9. The minimum Gasteiger partial charge on any atom is -0.492 e. The summed E-state index contributed by atoms with van der Waals surface area (Å²) in [5.41, 5.74) is 1.66. The average molecular weight is 464 g/mol. The van der Waals surface area contributed by atoms with Crippen LogP contribution in [0, 0.1) is 5.82 Å². The molecule has 9 heteroatoms. The van der Waals surface area contributed by atoms with Crippen molar-refractivity contribution in [1.82, 2.24) is 10.2 Å². The first-order chi connectivity index (χ1) is 15.5. The molecule has 0 saturated carbocycles. The van der Waals surface area contributed by atoms with Gasteiger partial charge in [-0.1, -0.05) is 0 Å². The molecule has 1 aliphatic rings. The lowest BCUT2D eigenvalue weighted by molar-refractivity contribution is -0.117. The molecule has 1 aliphatic carbocycles. The van der Waals surface area contributed by atoms with E-state index in [4.69, 9.17) is 9.47 Å². The first kappa shape index (κ1) is 24.2. The summed E-state index contributed by atoms with van der Waals surface area (Å²) < 4.78 is 23.5. The van der Waals surface area contributed by atoms with Crippen LogP contribution in [0.2, 0.25) is 0 Å². The molecule has 32 heavy (non-hydrogen) atoms. The normalized spacial score (nSPS) is 13.0. The van der Waals surface area contributed by atoms with E-state index in [1.807, 2.05) is 11.9 Å². The van der Waals surface area contributed by atoms with Crippen molar-refractivity contribution in [1.29, 1.82) is 0 Å². The van der Waals surface area contributed by atoms with Crippen LogP contribution in [-0.4, -0.2) is 63.7 Å². The molecule has 0 fully saturated rings. The zero-order valence-corrected chi connectivity index (χ0v) is 19.4. The average Bonchev–Trinajstić information content (AvgIpc) is 3.12. The maximum absolute atomic E-state index is 13.0. The molecule has 0 radical (unpaired) electrons. The number of amides is 2. The van der Waals surface area contributed by atoms with Crippen LogP contribution in [0.15, 0.2) is 24.3 Å². The van der Waals surface area contributed by atoms with Crippen LogP contribution < -0.4 is 15.4 Å². The molecule has 174 valence electrons. The number of rotatable bonds is 11. The van der Waals surface area contributed by atoms with E-state index in [1.54, 1.807) is 19.2 Å². The summed E-state index contributed by atoms with van der Waals surface area (Å²) in [6.07, 6.45) is 3.94. The van der Waals surface area contributed by atoms with Gasteiger partial charge in [-0.3, -0.25) is 14.5 Å². The fourth-order valence-corrected chi connectivity index (χ4v) is 4.89. The number of anilines is 1. The Kier molecular flexibility index (Phi) is 9.01. The number of likely N-dealkylation sites (N-methyl/N-ethyl adjacent to an activating group) is 1. The summed E-state index contributed by atoms with van der Waals surface area (Å²) >= 11 is 1.50. The van der Waals surface area contributed by atoms with Crippen LogP contribution in [-0.2, 0) is 22.4 Å². The second kappa shape index (κ2) is 11.9. The molecule has 2 aromatic rings. The molecule has 0 spiro atoms. The Balaban J connectivity index is 1.55. The van der Waals surface area contributed by atoms with E-state index < -0.39 is 0 Å². The Morgan fingerprint density at radius 3 is 2.66 bits per heavy atom. The predicted molar refractivity (Wildman–Crippen MR) is 123 cm³/mol. The summed E-state index contributed by atoms with van der Waals surface area (Å²) in [6, 6.07) is 5.83. The van der Waals surface area contributed by atoms with Crippen LogP contribution >= 0.6 is 11.3 Å². The van der Waals surface area contributed by atoms with Crippen LogP contribution in [0.25, 0.3) is 0 Å². The van der Waals surface area contributed by atoms with Gasteiger partial charge in [-0.05, 0) is 62.6 Å². The number of hydrogen-bond donors (Lipinski definition) is 2. The molecule has 7 nitrogen and oxygen atoms in total. The van der Waals surface area contributed by atoms with Crippen molar-refractivity contribution in [2.45, 2.75) is 25.7 Å². The molecule has 1 aromatic carbocycles. The summed E-state index contributed by atoms with van der Waals surface area (Å²) in [4.78, 5) is 28.5. The third kappa shape index (κ3) is 6.75. The number of hydrogen-bond acceptors (Lipinski definition) is 6. The van der Waals surface area contributed by atoms with Gasteiger partial charge in [0.05, 0.1) is 18.7 Å². The molecule has 2 amide bonds. The van der Waals surface area contributed by atoms with Crippen molar-refractivity contribution in [3.8, 4) is 5.75 Å². The SMILES string of the molecule is COCCNC(=O)c1c(NC(=O)CN(C)CCOc2ccc(F)cc2)sc2c1CCCC2. The van der Waals surface area contributed by atoms with Crippen LogP contribution in [0.4, 0.5) is 9.39 Å². The summed E-state index contributed by atoms with van der Waals surface area (Å²) in [7, 11) is 3.41. The van der Waals surface area contributed by atoms with Crippen molar-refractivity contribution in [3.05, 3.63) is 46.1 Å². The van der Waals surface area contributed by atoms with Gasteiger partial charge in [0.25, 0.3) is 5.91 Å². The van der Waals surface area contributed by atoms with E-state index >= 15 is 0 Å². The standard InChI is InChI=1S/C23H30FN3O4S/c1-27(12-14-31-17-9-7-16(24)8-10-17)15-20(28)26-23-21(22(29)25-11-13-30-2)18-5-3-4-6-19(18)32-23/h7-10H,3-6,11-15H2,1-2H3,(H,25,29)(H,26,28). The number of nitrogens with one attached hydrogen (secondary N) is 2. The van der Waals surface area contributed by atoms with Crippen molar-refractivity contribution < 1.29 is 23.5 Å². The highest BCUT2D eigenvalue weighted by atomic mass is 32.1. The number of aryl methyl sites for hydroxylation is 1. The number of benzene rings is 1. The Labute approximate surface area is 191 Å². The number of thiophene rings is 1. The predicted octanol–water partition coefficient (Wildman–Crippen LogP) is 3.09. The number of carbonyl (C=O) groups is 2. The molecule has 2 N–H and O–H groups in total. The third-order valence-electron chi connectivity index (χ3n) is 5.21. The van der Waals surface area contributed by atoms with Gasteiger partial charge in [-0.15, -0.1) is 11.3 Å². The second-order valence-corrected chi connectivity index (χ2v) is 8.86. The fraction of sp³-hybridized carbons (Fsp3) is 0.478. The molecule has 0 unspecified atom stereocenters. The molecule has 1 aromatic heterocycles. The smallest absolute Gasteiger partial charge is 0.254 e. The van der Waals surface area contributed by atoms with Gasteiger partial charge in [-0.25, -0.2) is 4.39 Å². The Bertz CT molecular complexity index is 917. The van der Waals surface area contributed by atoms with Gasteiger partial charge in [0.2, 0.25) is 5.91 Å². The first-order valence-corrected chi connectivity index (χ1v) is 11.6. The number of fused-ring (bicyclic) bond motifs is 1. The van der Waals surface area contributed by atoms with Crippen molar-refractivity contribution >= 4 is 28.2 Å². The minimum atomic E-state index is -0.312. The van der Waals surface area contributed by atoms with E-state index in [9.17, 15) is 14.0 Å².